The van der Waals surface area contributed by atoms with Crippen LogP contribution in [-0.2, 0) is 0 Å². The first-order valence-corrected chi connectivity index (χ1v) is 7.25. The van der Waals surface area contributed by atoms with E-state index in [4.69, 9.17) is 0 Å². The summed E-state index contributed by atoms with van der Waals surface area (Å²) in [5.41, 5.74) is 1.28. The van der Waals surface area contributed by atoms with E-state index in [0.717, 1.165) is 31.3 Å². The minimum atomic E-state index is 0.796. The Morgan fingerprint density at radius 1 is 1.00 bits per heavy atom. The van der Waals surface area contributed by atoms with Gasteiger partial charge in [0.2, 0.25) is 0 Å². The Morgan fingerprint density at radius 3 is 2.53 bits per heavy atom. The van der Waals surface area contributed by atoms with E-state index in [1.807, 2.05) is 6.07 Å². The van der Waals surface area contributed by atoms with Crippen LogP contribution in [0.2, 0.25) is 0 Å². The molecule has 0 amide bonds. The van der Waals surface area contributed by atoms with Crippen LogP contribution in [0.5, 0.6) is 0 Å². The average molecular weight is 272 g/mol. The number of aromatic nitrogens is 2. The van der Waals surface area contributed by atoms with Crippen LogP contribution < -0.4 is 10.2 Å². The van der Waals surface area contributed by atoms with Gasteiger partial charge in [0.1, 0.15) is 0 Å². The molecule has 0 spiro atoms. The standard InChI is InChI=1S/C14H16N4S/c1-2-5-13(19-14-16-6-3-7-17-14)12(4-1)18-10-8-15-9-11-18/h1-7,15H,8-11H2. The topological polar surface area (TPSA) is 41.1 Å². The number of hydrogen-bond acceptors (Lipinski definition) is 5. The lowest BCUT2D eigenvalue weighted by atomic mass is 10.2. The second-order valence-electron chi connectivity index (χ2n) is 4.34. The summed E-state index contributed by atoms with van der Waals surface area (Å²) in [5, 5.41) is 4.18. The summed E-state index contributed by atoms with van der Waals surface area (Å²) in [7, 11) is 0. The molecule has 0 atom stereocenters. The van der Waals surface area contributed by atoms with Crippen molar-refractivity contribution in [2.45, 2.75) is 10.1 Å². The van der Waals surface area contributed by atoms with E-state index in [9.17, 15) is 0 Å². The molecule has 1 aliphatic heterocycles. The molecule has 1 aromatic carbocycles. The number of nitrogens with zero attached hydrogens (tertiary/aromatic N) is 3. The van der Waals surface area contributed by atoms with E-state index < -0.39 is 0 Å². The number of rotatable bonds is 3. The van der Waals surface area contributed by atoms with Crippen LogP contribution in [0.1, 0.15) is 0 Å². The van der Waals surface area contributed by atoms with Crippen molar-refractivity contribution in [1.82, 2.24) is 15.3 Å². The van der Waals surface area contributed by atoms with Crippen LogP contribution in [0.15, 0.2) is 52.8 Å². The van der Waals surface area contributed by atoms with Gasteiger partial charge in [-0.25, -0.2) is 9.97 Å². The predicted molar refractivity (Wildman–Crippen MR) is 77.7 cm³/mol. The molecule has 5 heteroatoms. The van der Waals surface area contributed by atoms with Crippen LogP contribution in [-0.4, -0.2) is 36.1 Å². The zero-order valence-electron chi connectivity index (χ0n) is 10.6. The van der Waals surface area contributed by atoms with Gasteiger partial charge in [-0.15, -0.1) is 0 Å². The maximum atomic E-state index is 4.28. The van der Waals surface area contributed by atoms with Crippen LogP contribution >= 0.6 is 11.8 Å². The highest BCUT2D eigenvalue weighted by atomic mass is 32.2. The number of benzene rings is 1. The first-order valence-electron chi connectivity index (χ1n) is 6.43. The van der Waals surface area contributed by atoms with Crippen molar-refractivity contribution in [2.75, 3.05) is 31.1 Å². The molecule has 1 aliphatic rings. The summed E-state index contributed by atoms with van der Waals surface area (Å²) in [6.07, 6.45) is 3.56. The molecule has 1 saturated heterocycles. The molecule has 3 rings (SSSR count). The molecule has 98 valence electrons. The van der Waals surface area contributed by atoms with Gasteiger partial charge in [0.25, 0.3) is 0 Å². The van der Waals surface area contributed by atoms with E-state index >= 15 is 0 Å². The number of anilines is 1. The van der Waals surface area contributed by atoms with Gasteiger partial charge in [-0.1, -0.05) is 12.1 Å². The quantitative estimate of drug-likeness (QED) is 0.866. The first-order chi connectivity index (χ1) is 9.43. The molecular formula is C14H16N4S. The van der Waals surface area contributed by atoms with E-state index in [1.54, 1.807) is 24.2 Å². The van der Waals surface area contributed by atoms with Crippen LogP contribution in [0, 0.1) is 0 Å². The average Bonchev–Trinajstić information content (AvgIpc) is 2.50. The molecule has 0 radical (unpaired) electrons. The van der Waals surface area contributed by atoms with Crippen LogP contribution in [0.25, 0.3) is 0 Å². The normalized spacial score (nSPS) is 15.5. The molecule has 19 heavy (non-hydrogen) atoms. The Kier molecular flexibility index (Phi) is 3.95. The lowest BCUT2D eigenvalue weighted by molar-refractivity contribution is 0.587. The van der Waals surface area contributed by atoms with E-state index in [-0.39, 0.29) is 0 Å². The molecule has 0 aliphatic carbocycles. The minimum Gasteiger partial charge on any atom is -0.368 e. The molecule has 1 N–H and O–H groups in total. The summed E-state index contributed by atoms with van der Waals surface area (Å²) in [5.74, 6) is 0. The summed E-state index contributed by atoms with van der Waals surface area (Å²) in [6, 6.07) is 10.3. The third-order valence-electron chi connectivity index (χ3n) is 3.07. The van der Waals surface area contributed by atoms with Gasteiger partial charge in [0.05, 0.1) is 5.69 Å². The largest absolute Gasteiger partial charge is 0.368 e. The van der Waals surface area contributed by atoms with Crippen LogP contribution in [0.3, 0.4) is 0 Å². The fourth-order valence-corrected chi connectivity index (χ4v) is 3.02. The molecule has 2 heterocycles. The summed E-state index contributed by atoms with van der Waals surface area (Å²) >= 11 is 1.62. The van der Waals surface area contributed by atoms with Gasteiger partial charge in [-0.05, 0) is 30.0 Å². The maximum absolute atomic E-state index is 4.28. The van der Waals surface area contributed by atoms with Crippen molar-refractivity contribution in [3.8, 4) is 0 Å². The Hall–Kier alpha value is -1.59. The van der Waals surface area contributed by atoms with Gasteiger partial charge >= 0.3 is 0 Å². The van der Waals surface area contributed by atoms with Crippen molar-refractivity contribution in [3.63, 3.8) is 0 Å². The molecule has 0 bridgehead atoms. The highest BCUT2D eigenvalue weighted by Crippen LogP contribution is 2.33. The van der Waals surface area contributed by atoms with Crippen LogP contribution in [0.4, 0.5) is 5.69 Å². The second-order valence-corrected chi connectivity index (χ2v) is 5.35. The van der Waals surface area contributed by atoms with Gasteiger partial charge in [0, 0.05) is 43.5 Å². The second kappa shape index (κ2) is 6.04. The van der Waals surface area contributed by atoms with E-state index in [0.29, 0.717) is 0 Å². The van der Waals surface area contributed by atoms with Gasteiger partial charge in [0.15, 0.2) is 5.16 Å². The zero-order valence-corrected chi connectivity index (χ0v) is 11.4. The zero-order chi connectivity index (χ0) is 12.9. The summed E-state index contributed by atoms with van der Waals surface area (Å²) in [4.78, 5) is 12.2. The Balaban J connectivity index is 1.84. The van der Waals surface area contributed by atoms with Crippen molar-refractivity contribution in [3.05, 3.63) is 42.7 Å². The third kappa shape index (κ3) is 3.05. The molecule has 0 saturated carbocycles. The number of para-hydroxylation sites is 1. The van der Waals surface area contributed by atoms with Crippen molar-refractivity contribution >= 4 is 17.4 Å². The number of nitrogens with one attached hydrogen (secondary N) is 1. The van der Waals surface area contributed by atoms with Gasteiger partial charge < -0.3 is 10.2 Å². The highest BCUT2D eigenvalue weighted by Gasteiger charge is 2.14. The first kappa shape index (κ1) is 12.4. The summed E-state index contributed by atoms with van der Waals surface area (Å²) in [6.45, 7) is 4.18. The molecule has 0 unspecified atom stereocenters. The lowest BCUT2D eigenvalue weighted by Gasteiger charge is -2.30. The lowest BCUT2D eigenvalue weighted by Crippen LogP contribution is -2.43. The molecule has 1 fully saturated rings. The van der Waals surface area contributed by atoms with E-state index in [1.165, 1.54) is 10.6 Å². The number of piperazine rings is 1. The number of hydrogen-bond donors (Lipinski definition) is 1. The van der Waals surface area contributed by atoms with Gasteiger partial charge in [-0.3, -0.25) is 0 Å². The smallest absolute Gasteiger partial charge is 0.192 e. The Bertz CT molecular complexity index is 526. The maximum Gasteiger partial charge on any atom is 0.192 e. The summed E-state index contributed by atoms with van der Waals surface area (Å²) < 4.78 is 0. The van der Waals surface area contributed by atoms with E-state index in [2.05, 4.69) is 44.5 Å². The molecule has 4 nitrogen and oxygen atoms in total. The minimum absolute atomic E-state index is 0.796. The fraction of sp³-hybridized carbons (Fsp3) is 0.286. The third-order valence-corrected chi connectivity index (χ3v) is 4.02. The molecule has 1 aromatic heterocycles. The monoisotopic (exact) mass is 272 g/mol. The molecular weight excluding hydrogens is 256 g/mol. The van der Waals surface area contributed by atoms with Crippen molar-refractivity contribution in [2.24, 2.45) is 0 Å². The highest BCUT2D eigenvalue weighted by molar-refractivity contribution is 7.99. The van der Waals surface area contributed by atoms with Crippen molar-refractivity contribution < 1.29 is 0 Å². The Labute approximate surface area is 117 Å². The fourth-order valence-electron chi connectivity index (χ4n) is 2.15. The Morgan fingerprint density at radius 2 is 1.74 bits per heavy atom. The predicted octanol–water partition coefficient (Wildman–Crippen LogP) is 2.04. The molecule has 2 aromatic rings. The van der Waals surface area contributed by atoms with Gasteiger partial charge in [-0.2, -0.15) is 0 Å². The SMILES string of the molecule is c1cnc(Sc2ccccc2N2CCNCC2)nc1. The van der Waals surface area contributed by atoms with Crippen molar-refractivity contribution in [1.29, 1.82) is 0 Å².